The van der Waals surface area contributed by atoms with E-state index in [1.54, 1.807) is 0 Å². The molecule has 6 nitrogen and oxygen atoms in total. The van der Waals surface area contributed by atoms with Crippen LogP contribution in [0.25, 0.3) is 0 Å². The Morgan fingerprint density at radius 1 is 1.18 bits per heavy atom. The topological polar surface area (TPSA) is 104 Å². The maximum atomic E-state index is 13.3. The van der Waals surface area contributed by atoms with E-state index < -0.39 is 40.0 Å². The van der Waals surface area contributed by atoms with Crippen molar-refractivity contribution in [2.45, 2.75) is 83.7 Å². The molecule has 4 aliphatic rings. The van der Waals surface area contributed by atoms with Gasteiger partial charge in [-0.15, -0.1) is 0 Å². The van der Waals surface area contributed by atoms with Crippen LogP contribution in [0.5, 0.6) is 0 Å². The Kier molecular flexibility index (Phi) is 4.06. The molecule has 4 saturated carbocycles. The summed E-state index contributed by atoms with van der Waals surface area (Å²) in [6, 6.07) is 0. The molecule has 4 rings (SSSR count). The Labute approximate surface area is 166 Å². The summed E-state index contributed by atoms with van der Waals surface area (Å²) in [7, 11) is 0. The van der Waals surface area contributed by atoms with Gasteiger partial charge in [-0.25, -0.2) is 0 Å². The first kappa shape index (κ1) is 20.0. The number of hydrogen-bond acceptors (Lipinski definition) is 6. The van der Waals surface area contributed by atoms with Gasteiger partial charge in [-0.2, -0.15) is 0 Å². The first-order chi connectivity index (χ1) is 12.9. The molecule has 4 aliphatic carbocycles. The Balaban J connectivity index is 1.85. The maximum Gasteiger partial charge on any atom is 0.302 e. The van der Waals surface area contributed by atoms with Crippen molar-refractivity contribution in [2.75, 3.05) is 0 Å². The van der Waals surface area contributed by atoms with E-state index >= 15 is 0 Å². The SMILES string of the molecule is C=C1C(=O)C23C(O)CC4C(C)(C)C(OC(C)=O)CCC4(C)C2(O)CCC1C3O. The van der Waals surface area contributed by atoms with Gasteiger partial charge in [-0.1, -0.05) is 27.4 Å². The van der Waals surface area contributed by atoms with Crippen LogP contribution in [-0.4, -0.2) is 51.0 Å². The molecule has 0 heterocycles. The van der Waals surface area contributed by atoms with Crippen LogP contribution >= 0.6 is 0 Å². The van der Waals surface area contributed by atoms with Crippen molar-refractivity contribution in [3.63, 3.8) is 0 Å². The summed E-state index contributed by atoms with van der Waals surface area (Å²) in [6.07, 6.45) is -0.381. The number of aliphatic hydroxyl groups excluding tert-OH is 2. The fraction of sp³-hybridized carbons (Fsp3) is 0.818. The van der Waals surface area contributed by atoms with Crippen molar-refractivity contribution in [1.29, 1.82) is 0 Å². The number of ketones is 1. The molecule has 0 amide bonds. The van der Waals surface area contributed by atoms with Crippen molar-refractivity contribution >= 4 is 11.8 Å². The smallest absolute Gasteiger partial charge is 0.302 e. The highest BCUT2D eigenvalue weighted by molar-refractivity contribution is 6.05. The second-order valence-corrected chi connectivity index (χ2v) is 10.4. The molecule has 28 heavy (non-hydrogen) atoms. The lowest BCUT2D eigenvalue weighted by atomic mass is 9.37. The largest absolute Gasteiger partial charge is 0.462 e. The zero-order chi connectivity index (χ0) is 20.9. The summed E-state index contributed by atoms with van der Waals surface area (Å²) >= 11 is 0. The van der Waals surface area contributed by atoms with Gasteiger partial charge in [0.05, 0.1) is 17.8 Å². The van der Waals surface area contributed by atoms with Crippen molar-refractivity contribution in [3.05, 3.63) is 12.2 Å². The fourth-order valence-electron chi connectivity index (χ4n) is 7.70. The summed E-state index contributed by atoms with van der Waals surface area (Å²) < 4.78 is 5.59. The van der Waals surface area contributed by atoms with Crippen LogP contribution in [0.2, 0.25) is 0 Å². The number of hydrogen-bond donors (Lipinski definition) is 3. The molecule has 3 N–H and O–H groups in total. The first-order valence-corrected chi connectivity index (χ1v) is 10.3. The molecule has 0 aromatic rings. The zero-order valence-electron chi connectivity index (χ0n) is 17.2. The molecule has 8 unspecified atom stereocenters. The number of carbonyl (C=O) groups is 2. The van der Waals surface area contributed by atoms with Gasteiger partial charge in [-0.05, 0) is 43.6 Å². The Hall–Kier alpha value is -1.24. The number of fused-ring (bicyclic) bond motifs is 3. The highest BCUT2D eigenvalue weighted by Gasteiger charge is 2.81. The summed E-state index contributed by atoms with van der Waals surface area (Å²) in [5.74, 6) is -1.29. The van der Waals surface area contributed by atoms with Crippen molar-refractivity contribution in [1.82, 2.24) is 0 Å². The lowest BCUT2D eigenvalue weighted by Gasteiger charge is -2.69. The average molecular weight is 392 g/mol. The maximum absolute atomic E-state index is 13.3. The Morgan fingerprint density at radius 2 is 1.82 bits per heavy atom. The minimum atomic E-state index is -1.61. The van der Waals surface area contributed by atoms with Gasteiger partial charge < -0.3 is 20.1 Å². The molecule has 8 atom stereocenters. The highest BCUT2D eigenvalue weighted by Crippen LogP contribution is 2.72. The Bertz CT molecular complexity index is 758. The molecule has 6 heteroatoms. The molecule has 0 aromatic carbocycles. The highest BCUT2D eigenvalue weighted by atomic mass is 16.5. The van der Waals surface area contributed by atoms with Crippen LogP contribution in [-0.2, 0) is 14.3 Å². The van der Waals surface area contributed by atoms with Crippen LogP contribution in [0.3, 0.4) is 0 Å². The molecule has 0 aliphatic heterocycles. The van der Waals surface area contributed by atoms with E-state index in [-0.39, 0.29) is 30.2 Å². The number of Topliss-reactive ketones (excluding diaryl/α,β-unsaturated/α-hetero) is 1. The second-order valence-electron chi connectivity index (χ2n) is 10.4. The standard InChI is InChI=1S/C22H32O6/c1-11-13-6-9-21(27)20(5)8-7-16(28-12(2)23)19(3,4)14(20)10-15(24)22(21,17(11)25)18(13)26/h13-16,18,24,26-27H,1,6-10H2,2-5H3. The quantitative estimate of drug-likeness (QED) is 0.464. The van der Waals surface area contributed by atoms with E-state index in [9.17, 15) is 24.9 Å². The third-order valence-corrected chi connectivity index (χ3v) is 9.12. The number of aliphatic hydroxyl groups is 3. The monoisotopic (exact) mass is 392 g/mol. The summed E-state index contributed by atoms with van der Waals surface area (Å²) in [5, 5.41) is 34.5. The van der Waals surface area contributed by atoms with Crippen molar-refractivity contribution in [3.8, 4) is 0 Å². The average Bonchev–Trinajstić information content (AvgIpc) is 2.72. The van der Waals surface area contributed by atoms with E-state index in [1.165, 1.54) is 6.92 Å². The van der Waals surface area contributed by atoms with Crippen LogP contribution in [0.15, 0.2) is 12.2 Å². The molecule has 2 bridgehead atoms. The summed E-state index contributed by atoms with van der Waals surface area (Å²) in [6.45, 7) is 11.3. The minimum absolute atomic E-state index is 0.172. The summed E-state index contributed by atoms with van der Waals surface area (Å²) in [5.41, 5.74) is -4.00. The van der Waals surface area contributed by atoms with E-state index in [0.29, 0.717) is 31.3 Å². The second kappa shape index (κ2) is 5.67. The molecular formula is C22H32O6. The van der Waals surface area contributed by atoms with Crippen LogP contribution in [0, 0.1) is 28.1 Å². The molecule has 0 saturated heterocycles. The van der Waals surface area contributed by atoms with Gasteiger partial charge in [0.15, 0.2) is 5.78 Å². The first-order valence-electron chi connectivity index (χ1n) is 10.3. The van der Waals surface area contributed by atoms with Gasteiger partial charge in [0, 0.05) is 23.7 Å². The Morgan fingerprint density at radius 3 is 2.43 bits per heavy atom. The zero-order valence-corrected chi connectivity index (χ0v) is 17.2. The predicted molar refractivity (Wildman–Crippen MR) is 101 cm³/mol. The lowest BCUT2D eigenvalue weighted by Crippen LogP contribution is -2.77. The van der Waals surface area contributed by atoms with Gasteiger partial charge in [0.2, 0.25) is 0 Å². The molecule has 0 radical (unpaired) electrons. The van der Waals surface area contributed by atoms with Crippen LogP contribution < -0.4 is 0 Å². The third-order valence-electron chi connectivity index (χ3n) is 9.12. The van der Waals surface area contributed by atoms with E-state index in [4.69, 9.17) is 4.74 Å². The number of rotatable bonds is 1. The number of ether oxygens (including phenoxy) is 1. The van der Waals surface area contributed by atoms with E-state index in [0.717, 1.165) is 0 Å². The molecule has 1 spiro atoms. The van der Waals surface area contributed by atoms with Gasteiger partial charge >= 0.3 is 5.97 Å². The molecular weight excluding hydrogens is 360 g/mol. The molecule has 156 valence electrons. The minimum Gasteiger partial charge on any atom is -0.462 e. The number of esters is 1. The van der Waals surface area contributed by atoms with Gasteiger partial charge in [-0.3, -0.25) is 9.59 Å². The van der Waals surface area contributed by atoms with Crippen molar-refractivity contribution in [2.24, 2.45) is 28.1 Å². The van der Waals surface area contributed by atoms with Crippen LogP contribution in [0.4, 0.5) is 0 Å². The normalized spacial score (nSPS) is 52.0. The summed E-state index contributed by atoms with van der Waals surface area (Å²) in [4.78, 5) is 24.9. The van der Waals surface area contributed by atoms with E-state index in [1.807, 2.05) is 20.8 Å². The van der Waals surface area contributed by atoms with Crippen molar-refractivity contribution < 1.29 is 29.6 Å². The fourth-order valence-corrected chi connectivity index (χ4v) is 7.70. The predicted octanol–water partition coefficient (Wildman–Crippen LogP) is 1.75. The van der Waals surface area contributed by atoms with Crippen LogP contribution in [0.1, 0.15) is 59.8 Å². The molecule has 4 fully saturated rings. The lowest BCUT2D eigenvalue weighted by molar-refractivity contribution is -0.313. The third kappa shape index (κ3) is 1.95. The van der Waals surface area contributed by atoms with Gasteiger partial charge in [0.25, 0.3) is 0 Å². The van der Waals surface area contributed by atoms with Gasteiger partial charge in [0.1, 0.15) is 11.5 Å². The van der Waals surface area contributed by atoms with E-state index in [2.05, 4.69) is 6.58 Å². The molecule has 0 aromatic heterocycles. The number of carbonyl (C=O) groups excluding carboxylic acids is 2.